The molecule has 2 aromatic heterocycles. The van der Waals surface area contributed by atoms with Crippen LogP contribution in [0.2, 0.25) is 0 Å². The molecule has 0 amide bonds. The van der Waals surface area contributed by atoms with Crippen molar-refractivity contribution in [1.82, 2.24) is 19.9 Å². The second kappa shape index (κ2) is 4.33. The second-order valence-corrected chi connectivity index (χ2v) is 3.94. The maximum absolute atomic E-state index is 11.1. The molecular formula is C12H11N5O. The summed E-state index contributed by atoms with van der Waals surface area (Å²) in [7, 11) is 0. The smallest absolute Gasteiger partial charge is 0.323 e. The van der Waals surface area contributed by atoms with E-state index in [2.05, 4.69) is 25.3 Å². The lowest BCUT2D eigenvalue weighted by Gasteiger charge is -2.05. The van der Waals surface area contributed by atoms with Crippen molar-refractivity contribution in [1.29, 1.82) is 0 Å². The zero-order valence-electron chi connectivity index (χ0n) is 9.47. The monoisotopic (exact) mass is 241 g/mol. The van der Waals surface area contributed by atoms with Gasteiger partial charge in [0.15, 0.2) is 0 Å². The van der Waals surface area contributed by atoms with Crippen LogP contribution in [0.15, 0.2) is 41.7 Å². The van der Waals surface area contributed by atoms with Gasteiger partial charge in [0.2, 0.25) is 0 Å². The third-order valence-corrected chi connectivity index (χ3v) is 2.63. The van der Waals surface area contributed by atoms with E-state index in [1.165, 1.54) is 6.33 Å². The molecule has 0 atom stereocenters. The van der Waals surface area contributed by atoms with Crippen molar-refractivity contribution < 1.29 is 0 Å². The maximum atomic E-state index is 11.1. The SMILES string of the molecule is O=c1[nH]c2ccc(NCc3cncnc3)cc2[nH]1. The van der Waals surface area contributed by atoms with Crippen molar-refractivity contribution in [3.8, 4) is 0 Å². The van der Waals surface area contributed by atoms with E-state index in [0.717, 1.165) is 22.3 Å². The van der Waals surface area contributed by atoms with E-state index in [9.17, 15) is 4.79 Å². The first-order valence-corrected chi connectivity index (χ1v) is 5.51. The quantitative estimate of drug-likeness (QED) is 0.644. The Balaban J connectivity index is 1.80. The number of benzene rings is 1. The van der Waals surface area contributed by atoms with Gasteiger partial charge in [-0.05, 0) is 18.2 Å². The zero-order chi connectivity index (χ0) is 12.4. The van der Waals surface area contributed by atoms with Gasteiger partial charge in [-0.2, -0.15) is 0 Å². The molecule has 18 heavy (non-hydrogen) atoms. The Morgan fingerprint density at radius 3 is 2.72 bits per heavy atom. The topological polar surface area (TPSA) is 86.5 Å². The largest absolute Gasteiger partial charge is 0.381 e. The number of aromatic amines is 2. The third-order valence-electron chi connectivity index (χ3n) is 2.63. The van der Waals surface area contributed by atoms with Gasteiger partial charge in [0.1, 0.15) is 6.33 Å². The van der Waals surface area contributed by atoms with Gasteiger partial charge in [0, 0.05) is 30.2 Å². The third kappa shape index (κ3) is 2.08. The highest BCUT2D eigenvalue weighted by atomic mass is 16.1. The van der Waals surface area contributed by atoms with E-state index in [0.29, 0.717) is 6.54 Å². The number of imidazole rings is 1. The summed E-state index contributed by atoms with van der Waals surface area (Å²) < 4.78 is 0. The predicted molar refractivity (Wildman–Crippen MR) is 68.3 cm³/mol. The summed E-state index contributed by atoms with van der Waals surface area (Å²) in [6, 6.07) is 5.66. The Bertz CT molecular complexity index is 716. The molecule has 0 radical (unpaired) electrons. The minimum atomic E-state index is -0.196. The number of hydrogen-bond acceptors (Lipinski definition) is 4. The molecule has 0 unspecified atom stereocenters. The Kier molecular flexibility index (Phi) is 2.53. The fraction of sp³-hybridized carbons (Fsp3) is 0.0833. The first-order chi connectivity index (χ1) is 8.81. The minimum absolute atomic E-state index is 0.196. The van der Waals surface area contributed by atoms with Crippen molar-refractivity contribution in [3.63, 3.8) is 0 Å². The van der Waals surface area contributed by atoms with Crippen molar-refractivity contribution >= 4 is 16.7 Å². The summed E-state index contributed by atoms with van der Waals surface area (Å²) in [5, 5.41) is 3.25. The van der Waals surface area contributed by atoms with E-state index < -0.39 is 0 Å². The van der Waals surface area contributed by atoms with E-state index in [-0.39, 0.29) is 5.69 Å². The Labute approximate surface area is 102 Å². The fourth-order valence-corrected chi connectivity index (χ4v) is 1.77. The summed E-state index contributed by atoms with van der Waals surface area (Å²) in [6.07, 6.45) is 5.02. The second-order valence-electron chi connectivity index (χ2n) is 3.94. The molecule has 90 valence electrons. The van der Waals surface area contributed by atoms with Gasteiger partial charge >= 0.3 is 5.69 Å². The van der Waals surface area contributed by atoms with Crippen LogP contribution in [0.4, 0.5) is 5.69 Å². The number of H-pyrrole nitrogens is 2. The number of fused-ring (bicyclic) bond motifs is 1. The highest BCUT2D eigenvalue weighted by molar-refractivity contribution is 5.78. The molecule has 0 aliphatic rings. The molecule has 0 spiro atoms. The highest BCUT2D eigenvalue weighted by Crippen LogP contribution is 2.15. The summed E-state index contributed by atoms with van der Waals surface area (Å²) >= 11 is 0. The Morgan fingerprint density at radius 1 is 1.11 bits per heavy atom. The molecule has 0 bridgehead atoms. The van der Waals surface area contributed by atoms with Crippen LogP contribution in [0.25, 0.3) is 11.0 Å². The van der Waals surface area contributed by atoms with Crippen LogP contribution in [-0.4, -0.2) is 19.9 Å². The summed E-state index contributed by atoms with van der Waals surface area (Å²) in [4.78, 5) is 24.4. The molecule has 0 saturated carbocycles. The Hall–Kier alpha value is -2.63. The van der Waals surface area contributed by atoms with Crippen molar-refractivity contribution in [2.75, 3.05) is 5.32 Å². The van der Waals surface area contributed by atoms with Crippen LogP contribution in [0, 0.1) is 0 Å². The average Bonchev–Trinajstić information content (AvgIpc) is 2.77. The lowest BCUT2D eigenvalue weighted by Crippen LogP contribution is -2.00. The van der Waals surface area contributed by atoms with Crippen LogP contribution in [0.1, 0.15) is 5.56 Å². The molecule has 6 heteroatoms. The molecule has 3 N–H and O–H groups in total. The van der Waals surface area contributed by atoms with Crippen molar-refractivity contribution in [2.45, 2.75) is 6.54 Å². The van der Waals surface area contributed by atoms with Gasteiger partial charge in [0.25, 0.3) is 0 Å². The number of nitrogens with one attached hydrogen (secondary N) is 3. The standard InChI is InChI=1S/C12H11N5O/c18-12-16-10-2-1-9(3-11(10)17-12)15-6-8-4-13-7-14-5-8/h1-5,7,15H,6H2,(H2,16,17,18). The Morgan fingerprint density at radius 2 is 1.89 bits per heavy atom. The summed E-state index contributed by atoms with van der Waals surface area (Å²) in [6.45, 7) is 0.640. The molecule has 0 aliphatic heterocycles. The molecule has 6 nitrogen and oxygen atoms in total. The number of rotatable bonds is 3. The molecule has 0 fully saturated rings. The van der Waals surface area contributed by atoms with Gasteiger partial charge in [0.05, 0.1) is 11.0 Å². The zero-order valence-corrected chi connectivity index (χ0v) is 9.47. The van der Waals surface area contributed by atoms with E-state index in [4.69, 9.17) is 0 Å². The molecule has 3 aromatic rings. The minimum Gasteiger partial charge on any atom is -0.381 e. The first-order valence-electron chi connectivity index (χ1n) is 5.51. The lowest BCUT2D eigenvalue weighted by atomic mass is 10.2. The van der Waals surface area contributed by atoms with Gasteiger partial charge < -0.3 is 15.3 Å². The van der Waals surface area contributed by atoms with Gasteiger partial charge in [-0.25, -0.2) is 14.8 Å². The van der Waals surface area contributed by atoms with E-state index in [1.807, 2.05) is 18.2 Å². The highest BCUT2D eigenvalue weighted by Gasteiger charge is 2.00. The van der Waals surface area contributed by atoms with Crippen LogP contribution < -0.4 is 11.0 Å². The number of anilines is 1. The maximum Gasteiger partial charge on any atom is 0.323 e. The van der Waals surface area contributed by atoms with Crippen LogP contribution in [0.3, 0.4) is 0 Å². The lowest BCUT2D eigenvalue weighted by molar-refractivity contribution is 1.05. The van der Waals surface area contributed by atoms with Crippen LogP contribution in [-0.2, 0) is 6.54 Å². The molecule has 2 heterocycles. The molecule has 0 saturated heterocycles. The molecular weight excluding hydrogens is 230 g/mol. The summed E-state index contributed by atoms with van der Waals surface area (Å²) in [5.74, 6) is 0. The normalized spacial score (nSPS) is 10.7. The van der Waals surface area contributed by atoms with Crippen LogP contribution in [0.5, 0.6) is 0 Å². The van der Waals surface area contributed by atoms with Gasteiger partial charge in [-0.3, -0.25) is 0 Å². The molecule has 0 aliphatic carbocycles. The van der Waals surface area contributed by atoms with Crippen LogP contribution >= 0.6 is 0 Å². The van der Waals surface area contributed by atoms with Gasteiger partial charge in [-0.1, -0.05) is 0 Å². The molecule has 1 aromatic carbocycles. The predicted octanol–water partition coefficient (Wildman–Crippen LogP) is 1.26. The number of nitrogens with zero attached hydrogens (tertiary/aromatic N) is 2. The average molecular weight is 241 g/mol. The van der Waals surface area contributed by atoms with Crippen molar-refractivity contribution in [2.24, 2.45) is 0 Å². The number of aromatic nitrogens is 4. The first kappa shape index (κ1) is 10.5. The van der Waals surface area contributed by atoms with E-state index >= 15 is 0 Å². The fourth-order valence-electron chi connectivity index (χ4n) is 1.77. The molecule has 3 rings (SSSR count). The van der Waals surface area contributed by atoms with E-state index in [1.54, 1.807) is 12.4 Å². The van der Waals surface area contributed by atoms with Crippen molar-refractivity contribution in [3.05, 3.63) is 53.0 Å². The summed E-state index contributed by atoms with van der Waals surface area (Å²) in [5.41, 5.74) is 3.32. The van der Waals surface area contributed by atoms with Gasteiger partial charge in [-0.15, -0.1) is 0 Å². The number of hydrogen-bond donors (Lipinski definition) is 3.